The number of ether oxygens (including phenoxy) is 1. The Labute approximate surface area is 169 Å². The molecule has 6 nitrogen and oxygen atoms in total. The van der Waals surface area contributed by atoms with Crippen molar-refractivity contribution in [3.05, 3.63) is 82.7 Å². The molecule has 8 heteroatoms. The van der Waals surface area contributed by atoms with Gasteiger partial charge in [-0.05, 0) is 30.3 Å². The van der Waals surface area contributed by atoms with Gasteiger partial charge in [0.05, 0.1) is 11.4 Å². The number of thiazole rings is 1. The summed E-state index contributed by atoms with van der Waals surface area (Å²) >= 11 is 1.15. The van der Waals surface area contributed by atoms with Crippen LogP contribution in [0.4, 0.5) is 15.2 Å². The maximum Gasteiger partial charge on any atom is 0.363 e. The van der Waals surface area contributed by atoms with E-state index in [2.05, 4.69) is 9.98 Å². The third kappa shape index (κ3) is 3.83. The fourth-order valence-corrected chi connectivity index (χ4v) is 3.58. The second kappa shape index (κ2) is 7.76. The van der Waals surface area contributed by atoms with Crippen LogP contribution >= 0.6 is 11.3 Å². The van der Waals surface area contributed by atoms with Crippen LogP contribution in [0.5, 0.6) is 0 Å². The zero-order valence-electron chi connectivity index (χ0n) is 15.2. The van der Waals surface area contributed by atoms with Crippen LogP contribution in [0.2, 0.25) is 0 Å². The van der Waals surface area contributed by atoms with Gasteiger partial charge in [0.25, 0.3) is 0 Å². The minimum atomic E-state index is -0.587. The van der Waals surface area contributed by atoms with Crippen molar-refractivity contribution in [1.29, 1.82) is 0 Å². The number of carbonyl (C=O) groups is 2. The Morgan fingerprint density at radius 2 is 1.86 bits per heavy atom. The molecular formula is C21H14FN3O3S. The Hall–Kier alpha value is -3.65. The average Bonchev–Trinajstić information content (AvgIpc) is 3.31. The van der Waals surface area contributed by atoms with E-state index in [0.717, 1.165) is 11.3 Å². The van der Waals surface area contributed by atoms with Crippen molar-refractivity contribution in [3.63, 3.8) is 0 Å². The molecule has 1 aromatic heterocycles. The third-order valence-corrected chi connectivity index (χ3v) is 4.88. The standard InChI is InChI=1S/C21H14FN3O3S/c1-13(26)25(18-10-6-5-9-16(18)22)21-23-15(12-29-21)11-17-20(27)28-19(24-17)14-7-3-2-4-8-14/h2-12H,1H3/b17-11-. The van der Waals surface area contributed by atoms with Crippen LogP contribution in [-0.4, -0.2) is 22.8 Å². The van der Waals surface area contributed by atoms with Gasteiger partial charge in [0.2, 0.25) is 11.8 Å². The van der Waals surface area contributed by atoms with E-state index in [-0.39, 0.29) is 28.3 Å². The minimum absolute atomic E-state index is 0.0981. The normalized spacial score (nSPS) is 14.6. The first kappa shape index (κ1) is 18.7. The van der Waals surface area contributed by atoms with Gasteiger partial charge in [-0.25, -0.2) is 19.2 Å². The molecule has 0 atom stereocenters. The van der Waals surface area contributed by atoms with Gasteiger partial charge >= 0.3 is 5.97 Å². The van der Waals surface area contributed by atoms with E-state index in [1.165, 1.54) is 30.0 Å². The Morgan fingerprint density at radius 3 is 2.59 bits per heavy atom. The maximum absolute atomic E-state index is 14.2. The SMILES string of the molecule is CC(=O)N(c1nc(/C=C2\N=C(c3ccccc3)OC2=O)cs1)c1ccccc1F. The monoisotopic (exact) mass is 407 g/mol. The van der Waals surface area contributed by atoms with E-state index in [0.29, 0.717) is 11.3 Å². The molecule has 0 saturated heterocycles. The number of amides is 1. The molecule has 144 valence electrons. The number of hydrogen-bond donors (Lipinski definition) is 0. The fourth-order valence-electron chi connectivity index (χ4n) is 2.74. The molecule has 0 radical (unpaired) electrons. The molecule has 3 aromatic rings. The van der Waals surface area contributed by atoms with Gasteiger partial charge in [-0.1, -0.05) is 30.3 Å². The van der Waals surface area contributed by atoms with Crippen molar-refractivity contribution in [2.75, 3.05) is 4.90 Å². The highest BCUT2D eigenvalue weighted by molar-refractivity contribution is 7.14. The zero-order chi connectivity index (χ0) is 20.4. The van der Waals surface area contributed by atoms with Crippen molar-refractivity contribution >= 4 is 46.0 Å². The van der Waals surface area contributed by atoms with Crippen LogP contribution in [0.3, 0.4) is 0 Å². The number of benzene rings is 2. The molecule has 0 bridgehead atoms. The molecule has 1 aliphatic heterocycles. The lowest BCUT2D eigenvalue weighted by Crippen LogP contribution is -2.23. The lowest BCUT2D eigenvalue weighted by molar-refractivity contribution is -0.130. The Balaban J connectivity index is 1.65. The average molecular weight is 407 g/mol. The van der Waals surface area contributed by atoms with E-state index in [1.54, 1.807) is 29.6 Å². The van der Waals surface area contributed by atoms with Crippen LogP contribution < -0.4 is 4.90 Å². The van der Waals surface area contributed by atoms with Gasteiger partial charge in [0.1, 0.15) is 5.82 Å². The summed E-state index contributed by atoms with van der Waals surface area (Å²) in [6, 6.07) is 15.0. The molecule has 0 fully saturated rings. The predicted octanol–water partition coefficient (Wildman–Crippen LogP) is 4.31. The first-order valence-corrected chi connectivity index (χ1v) is 9.49. The molecule has 0 aliphatic carbocycles. The second-order valence-corrected chi connectivity index (χ2v) is 6.90. The number of aliphatic imine (C=N–C) groups is 1. The van der Waals surface area contributed by atoms with E-state index >= 15 is 0 Å². The quantitative estimate of drug-likeness (QED) is 0.477. The molecule has 0 unspecified atom stereocenters. The van der Waals surface area contributed by atoms with E-state index in [4.69, 9.17) is 4.74 Å². The predicted molar refractivity (Wildman–Crippen MR) is 108 cm³/mol. The summed E-state index contributed by atoms with van der Waals surface area (Å²) < 4.78 is 19.4. The lowest BCUT2D eigenvalue weighted by atomic mass is 10.2. The molecule has 0 saturated carbocycles. The molecular weight excluding hydrogens is 393 g/mol. The number of nitrogens with zero attached hydrogens (tertiary/aromatic N) is 3. The molecule has 2 heterocycles. The van der Waals surface area contributed by atoms with Gasteiger partial charge in [0.15, 0.2) is 10.8 Å². The van der Waals surface area contributed by atoms with Crippen molar-refractivity contribution in [2.24, 2.45) is 4.99 Å². The number of rotatable bonds is 4. The molecule has 0 spiro atoms. The molecule has 0 N–H and O–H groups in total. The minimum Gasteiger partial charge on any atom is -0.402 e. The van der Waals surface area contributed by atoms with E-state index in [1.807, 2.05) is 18.2 Å². The van der Waals surface area contributed by atoms with Crippen molar-refractivity contribution in [2.45, 2.75) is 6.92 Å². The van der Waals surface area contributed by atoms with Crippen LogP contribution in [0.1, 0.15) is 18.2 Å². The largest absolute Gasteiger partial charge is 0.402 e. The maximum atomic E-state index is 14.2. The topological polar surface area (TPSA) is 71.9 Å². The zero-order valence-corrected chi connectivity index (χ0v) is 16.0. The summed E-state index contributed by atoms with van der Waals surface area (Å²) in [4.78, 5) is 34.0. The van der Waals surface area contributed by atoms with Crippen molar-refractivity contribution < 1.29 is 18.7 Å². The van der Waals surface area contributed by atoms with Gasteiger partial charge in [-0.3, -0.25) is 9.69 Å². The number of anilines is 2. The lowest BCUT2D eigenvalue weighted by Gasteiger charge is -2.18. The number of esters is 1. The summed E-state index contributed by atoms with van der Waals surface area (Å²) in [6.07, 6.45) is 1.47. The summed E-state index contributed by atoms with van der Waals surface area (Å²) in [5, 5.41) is 1.94. The van der Waals surface area contributed by atoms with Gasteiger partial charge in [-0.2, -0.15) is 0 Å². The molecule has 2 aromatic carbocycles. The first-order chi connectivity index (χ1) is 14.0. The number of halogens is 1. The summed E-state index contributed by atoms with van der Waals surface area (Å²) in [5.74, 6) is -1.28. The number of carbonyl (C=O) groups excluding carboxylic acids is 2. The van der Waals surface area contributed by atoms with Gasteiger partial charge in [-0.15, -0.1) is 11.3 Å². The van der Waals surface area contributed by atoms with E-state index < -0.39 is 11.8 Å². The number of aromatic nitrogens is 1. The number of para-hydroxylation sites is 1. The summed E-state index contributed by atoms with van der Waals surface area (Å²) in [7, 11) is 0. The molecule has 4 rings (SSSR count). The van der Waals surface area contributed by atoms with Crippen molar-refractivity contribution in [1.82, 2.24) is 4.98 Å². The van der Waals surface area contributed by atoms with Crippen LogP contribution in [-0.2, 0) is 14.3 Å². The van der Waals surface area contributed by atoms with E-state index in [9.17, 15) is 14.0 Å². The summed E-state index contributed by atoms with van der Waals surface area (Å²) in [5.41, 5.74) is 1.31. The van der Waals surface area contributed by atoms with Crippen LogP contribution in [0.15, 0.2) is 70.7 Å². The highest BCUT2D eigenvalue weighted by atomic mass is 32.1. The Kier molecular flexibility index (Phi) is 5.01. The molecule has 1 amide bonds. The highest BCUT2D eigenvalue weighted by Crippen LogP contribution is 2.31. The van der Waals surface area contributed by atoms with Gasteiger partial charge in [0, 0.05) is 17.9 Å². The molecule has 1 aliphatic rings. The summed E-state index contributed by atoms with van der Waals surface area (Å²) in [6.45, 7) is 1.33. The first-order valence-electron chi connectivity index (χ1n) is 8.61. The molecule has 29 heavy (non-hydrogen) atoms. The van der Waals surface area contributed by atoms with Crippen LogP contribution in [0, 0.1) is 5.82 Å². The Morgan fingerprint density at radius 1 is 1.14 bits per heavy atom. The smallest absolute Gasteiger partial charge is 0.363 e. The Bertz CT molecular complexity index is 1150. The number of cyclic esters (lactones) is 1. The fraction of sp³-hybridized carbons (Fsp3) is 0.0476. The highest BCUT2D eigenvalue weighted by Gasteiger charge is 2.25. The number of hydrogen-bond acceptors (Lipinski definition) is 6. The van der Waals surface area contributed by atoms with Gasteiger partial charge < -0.3 is 4.74 Å². The third-order valence-electron chi connectivity index (χ3n) is 4.04. The van der Waals surface area contributed by atoms with Crippen molar-refractivity contribution in [3.8, 4) is 0 Å². The van der Waals surface area contributed by atoms with Crippen LogP contribution in [0.25, 0.3) is 6.08 Å². The second-order valence-electron chi connectivity index (χ2n) is 6.06.